The number of hydrogen-bond donors (Lipinski definition) is 1. The van der Waals surface area contributed by atoms with Gasteiger partial charge >= 0.3 is 0 Å². The molecule has 4 nitrogen and oxygen atoms in total. The van der Waals surface area contributed by atoms with E-state index in [-0.39, 0.29) is 18.0 Å². The summed E-state index contributed by atoms with van der Waals surface area (Å²) in [7, 11) is 3.52. The van der Waals surface area contributed by atoms with Crippen molar-refractivity contribution in [3.63, 3.8) is 0 Å². The summed E-state index contributed by atoms with van der Waals surface area (Å²) in [6, 6.07) is 17.8. The van der Waals surface area contributed by atoms with E-state index in [1.54, 1.807) is 25.1 Å². The summed E-state index contributed by atoms with van der Waals surface area (Å²) < 4.78 is 0. The number of likely N-dealkylation sites (N-methyl/N-ethyl adjacent to an activating group) is 1. The van der Waals surface area contributed by atoms with Gasteiger partial charge in [-0.15, -0.1) is 0 Å². The van der Waals surface area contributed by atoms with Gasteiger partial charge in [0.25, 0.3) is 0 Å². The van der Waals surface area contributed by atoms with E-state index in [0.717, 1.165) is 16.7 Å². The molecule has 2 atom stereocenters. The second-order valence-corrected chi connectivity index (χ2v) is 6.16. The van der Waals surface area contributed by atoms with Crippen molar-refractivity contribution in [1.29, 1.82) is 5.26 Å². The maximum absolute atomic E-state index is 11.9. The highest BCUT2D eigenvalue weighted by molar-refractivity contribution is 5.81. The molecule has 24 heavy (non-hydrogen) atoms. The topological polar surface area (TPSA) is 56.1 Å². The lowest BCUT2D eigenvalue weighted by Gasteiger charge is -2.22. The number of nitriles is 1. The SMILES string of the molecule is CC(NC(C)c1ccc(-c2cccc(C#N)c2)cc1)C(=O)N(C)C. The zero-order chi connectivity index (χ0) is 17.7. The number of benzene rings is 2. The van der Waals surface area contributed by atoms with Gasteiger partial charge in [0, 0.05) is 20.1 Å². The van der Waals surface area contributed by atoms with Crippen molar-refractivity contribution in [3.8, 4) is 17.2 Å². The Labute approximate surface area is 143 Å². The van der Waals surface area contributed by atoms with E-state index < -0.39 is 0 Å². The lowest BCUT2D eigenvalue weighted by atomic mass is 10.00. The first-order chi connectivity index (χ1) is 11.4. The van der Waals surface area contributed by atoms with Gasteiger partial charge in [0.2, 0.25) is 5.91 Å². The second kappa shape index (κ2) is 7.76. The summed E-state index contributed by atoms with van der Waals surface area (Å²) in [6.45, 7) is 3.92. The van der Waals surface area contributed by atoms with Crippen LogP contribution in [0.15, 0.2) is 48.5 Å². The molecule has 124 valence electrons. The number of rotatable bonds is 5. The molecule has 0 heterocycles. The highest BCUT2D eigenvalue weighted by atomic mass is 16.2. The van der Waals surface area contributed by atoms with Gasteiger partial charge in [-0.2, -0.15) is 5.26 Å². The van der Waals surface area contributed by atoms with Crippen molar-refractivity contribution in [2.75, 3.05) is 14.1 Å². The Balaban J connectivity index is 2.11. The molecule has 2 unspecified atom stereocenters. The molecule has 0 bridgehead atoms. The van der Waals surface area contributed by atoms with Crippen LogP contribution in [0.1, 0.15) is 31.0 Å². The number of hydrogen-bond acceptors (Lipinski definition) is 3. The fraction of sp³-hybridized carbons (Fsp3) is 0.300. The first-order valence-corrected chi connectivity index (χ1v) is 8.00. The van der Waals surface area contributed by atoms with Crippen LogP contribution in [-0.2, 0) is 4.79 Å². The highest BCUT2D eigenvalue weighted by Gasteiger charge is 2.17. The quantitative estimate of drug-likeness (QED) is 0.919. The van der Waals surface area contributed by atoms with Gasteiger partial charge in [-0.1, -0.05) is 36.4 Å². The largest absolute Gasteiger partial charge is 0.347 e. The van der Waals surface area contributed by atoms with Crippen LogP contribution in [0.3, 0.4) is 0 Å². The summed E-state index contributed by atoms with van der Waals surface area (Å²) >= 11 is 0. The molecule has 0 aliphatic heterocycles. The third-order valence-corrected chi connectivity index (χ3v) is 4.05. The minimum absolute atomic E-state index is 0.0618. The average molecular weight is 321 g/mol. The minimum atomic E-state index is -0.234. The van der Waals surface area contributed by atoms with Crippen molar-refractivity contribution in [3.05, 3.63) is 59.7 Å². The molecule has 0 saturated carbocycles. The fourth-order valence-electron chi connectivity index (χ4n) is 2.66. The molecule has 0 spiro atoms. The minimum Gasteiger partial charge on any atom is -0.347 e. The van der Waals surface area contributed by atoms with Gasteiger partial charge in [0.1, 0.15) is 0 Å². The predicted molar refractivity (Wildman–Crippen MR) is 96.3 cm³/mol. The molecular weight excluding hydrogens is 298 g/mol. The summed E-state index contributed by atoms with van der Waals surface area (Å²) in [6.07, 6.45) is 0. The first-order valence-electron chi connectivity index (χ1n) is 8.00. The Morgan fingerprint density at radius 3 is 2.33 bits per heavy atom. The number of carbonyl (C=O) groups is 1. The summed E-state index contributed by atoms with van der Waals surface area (Å²) in [5, 5.41) is 12.3. The molecular formula is C20H23N3O. The zero-order valence-electron chi connectivity index (χ0n) is 14.6. The number of carbonyl (C=O) groups excluding carboxylic acids is 1. The smallest absolute Gasteiger partial charge is 0.238 e. The van der Waals surface area contributed by atoms with Gasteiger partial charge < -0.3 is 4.90 Å². The van der Waals surface area contributed by atoms with Crippen molar-refractivity contribution < 1.29 is 4.79 Å². The Morgan fingerprint density at radius 2 is 1.75 bits per heavy atom. The summed E-state index contributed by atoms with van der Waals surface area (Å²) in [5.74, 6) is 0.0618. The van der Waals surface area contributed by atoms with Crippen molar-refractivity contribution >= 4 is 5.91 Å². The summed E-state index contributed by atoms with van der Waals surface area (Å²) in [5.41, 5.74) is 3.87. The molecule has 2 aromatic rings. The zero-order valence-corrected chi connectivity index (χ0v) is 14.6. The van der Waals surface area contributed by atoms with Crippen molar-refractivity contribution in [2.45, 2.75) is 25.9 Å². The van der Waals surface area contributed by atoms with Crippen LogP contribution >= 0.6 is 0 Å². The normalized spacial score (nSPS) is 13.0. The molecule has 0 saturated heterocycles. The molecule has 0 aliphatic rings. The van der Waals surface area contributed by atoms with Crippen LogP contribution in [0.4, 0.5) is 0 Å². The standard InChI is InChI=1S/C20H23N3O/c1-14(22-15(2)20(24)23(3)4)17-8-10-18(11-9-17)19-7-5-6-16(12-19)13-21/h5-12,14-15,22H,1-4H3. The Morgan fingerprint density at radius 1 is 1.08 bits per heavy atom. The fourth-order valence-corrected chi connectivity index (χ4v) is 2.66. The van der Waals surface area contributed by atoms with Crippen LogP contribution < -0.4 is 5.32 Å². The Kier molecular flexibility index (Phi) is 5.73. The van der Waals surface area contributed by atoms with Crippen LogP contribution in [0.25, 0.3) is 11.1 Å². The molecule has 0 fully saturated rings. The molecule has 0 aromatic heterocycles. The Hall–Kier alpha value is -2.64. The second-order valence-electron chi connectivity index (χ2n) is 6.16. The molecule has 4 heteroatoms. The molecule has 0 aliphatic carbocycles. The van der Waals surface area contributed by atoms with Crippen LogP contribution in [0, 0.1) is 11.3 Å². The average Bonchev–Trinajstić information content (AvgIpc) is 2.61. The van der Waals surface area contributed by atoms with E-state index in [1.165, 1.54) is 0 Å². The van der Waals surface area contributed by atoms with Gasteiger partial charge in [-0.25, -0.2) is 0 Å². The maximum atomic E-state index is 11.9. The van der Waals surface area contributed by atoms with Gasteiger partial charge in [-0.3, -0.25) is 10.1 Å². The Bertz CT molecular complexity index is 744. The van der Waals surface area contributed by atoms with Gasteiger partial charge in [0.05, 0.1) is 17.7 Å². The highest BCUT2D eigenvalue weighted by Crippen LogP contribution is 2.23. The number of nitrogens with zero attached hydrogens (tertiary/aromatic N) is 2. The molecule has 1 amide bonds. The predicted octanol–water partition coefficient (Wildman–Crippen LogP) is 3.35. The monoisotopic (exact) mass is 321 g/mol. The van der Waals surface area contributed by atoms with E-state index in [9.17, 15) is 4.79 Å². The van der Waals surface area contributed by atoms with E-state index in [1.807, 2.05) is 44.2 Å². The third kappa shape index (κ3) is 4.21. The first kappa shape index (κ1) is 17.7. The number of nitrogens with one attached hydrogen (secondary N) is 1. The van der Waals surface area contributed by atoms with E-state index in [2.05, 4.69) is 23.5 Å². The van der Waals surface area contributed by atoms with Gasteiger partial charge in [0.15, 0.2) is 0 Å². The van der Waals surface area contributed by atoms with E-state index in [4.69, 9.17) is 5.26 Å². The lowest BCUT2D eigenvalue weighted by molar-refractivity contribution is -0.130. The van der Waals surface area contributed by atoms with Crippen molar-refractivity contribution in [1.82, 2.24) is 10.2 Å². The third-order valence-electron chi connectivity index (χ3n) is 4.05. The van der Waals surface area contributed by atoms with Crippen molar-refractivity contribution in [2.24, 2.45) is 0 Å². The molecule has 2 aromatic carbocycles. The lowest BCUT2D eigenvalue weighted by Crippen LogP contribution is -2.42. The van der Waals surface area contributed by atoms with Crippen LogP contribution in [0.5, 0.6) is 0 Å². The van der Waals surface area contributed by atoms with Crippen LogP contribution in [0.2, 0.25) is 0 Å². The van der Waals surface area contributed by atoms with Gasteiger partial charge in [-0.05, 0) is 42.7 Å². The molecule has 0 radical (unpaired) electrons. The van der Waals surface area contributed by atoms with Crippen LogP contribution in [-0.4, -0.2) is 30.9 Å². The maximum Gasteiger partial charge on any atom is 0.238 e. The number of amides is 1. The van der Waals surface area contributed by atoms with E-state index in [0.29, 0.717) is 5.56 Å². The molecule has 1 N–H and O–H groups in total. The molecule has 2 rings (SSSR count). The summed E-state index contributed by atoms with van der Waals surface area (Å²) in [4.78, 5) is 13.5. The van der Waals surface area contributed by atoms with E-state index >= 15 is 0 Å².